The van der Waals surface area contributed by atoms with Crippen LogP contribution in [0.1, 0.15) is 31.2 Å². The van der Waals surface area contributed by atoms with Gasteiger partial charge in [0.15, 0.2) is 0 Å². The van der Waals surface area contributed by atoms with E-state index in [0.717, 1.165) is 32.2 Å². The van der Waals surface area contributed by atoms with E-state index in [2.05, 4.69) is 24.1 Å². The second kappa shape index (κ2) is 6.06. The van der Waals surface area contributed by atoms with Crippen molar-refractivity contribution in [3.8, 4) is 0 Å². The number of hydrogen-bond acceptors (Lipinski definition) is 2. The van der Waals surface area contributed by atoms with Crippen molar-refractivity contribution < 1.29 is 9.90 Å². The molecule has 114 valence electrons. The molecular formula is C17H24N2O2. The van der Waals surface area contributed by atoms with Crippen molar-refractivity contribution in [3.63, 3.8) is 0 Å². The number of nitrogens with zero attached hydrogens (tertiary/aromatic N) is 2. The first-order chi connectivity index (χ1) is 10.2. The number of piperazine rings is 1. The first-order valence-electron chi connectivity index (χ1n) is 7.92. The zero-order valence-corrected chi connectivity index (χ0v) is 12.6. The third kappa shape index (κ3) is 2.91. The Morgan fingerprint density at radius 2 is 1.86 bits per heavy atom. The molecule has 0 spiro atoms. The maximum absolute atomic E-state index is 11.8. The predicted octanol–water partition coefficient (Wildman–Crippen LogP) is 2.83. The summed E-state index contributed by atoms with van der Waals surface area (Å²) in [6.07, 6.45) is 4.57. The predicted molar refractivity (Wildman–Crippen MR) is 82.5 cm³/mol. The Kier molecular flexibility index (Phi) is 4.15. The summed E-state index contributed by atoms with van der Waals surface area (Å²) in [4.78, 5) is 16.0. The maximum Gasteiger partial charge on any atom is 0.407 e. The van der Waals surface area contributed by atoms with Gasteiger partial charge in [0.05, 0.1) is 12.1 Å². The number of fused-ring (bicyclic) bond motifs is 1. The zero-order chi connectivity index (χ0) is 14.8. The van der Waals surface area contributed by atoms with E-state index in [1.54, 1.807) is 4.90 Å². The van der Waals surface area contributed by atoms with Crippen LogP contribution in [0, 0.1) is 0 Å². The Morgan fingerprint density at radius 1 is 1.19 bits per heavy atom. The molecule has 3 rings (SSSR count). The van der Waals surface area contributed by atoms with Crippen LogP contribution in [0.25, 0.3) is 0 Å². The molecule has 2 aliphatic rings. The SMILES string of the molecule is CN1CC(Cc2ccccc2)N(C(=O)O)[C@H]2CCCC[C@H]21. The molecule has 1 saturated carbocycles. The molecule has 3 atom stereocenters. The van der Waals surface area contributed by atoms with Crippen LogP contribution in [-0.2, 0) is 6.42 Å². The van der Waals surface area contributed by atoms with Crippen LogP contribution >= 0.6 is 0 Å². The van der Waals surface area contributed by atoms with Crippen molar-refractivity contribution >= 4 is 6.09 Å². The van der Waals surface area contributed by atoms with Gasteiger partial charge in [0.2, 0.25) is 0 Å². The summed E-state index contributed by atoms with van der Waals surface area (Å²) in [6.45, 7) is 0.836. The Morgan fingerprint density at radius 3 is 2.52 bits per heavy atom. The number of carbonyl (C=O) groups is 1. The van der Waals surface area contributed by atoms with E-state index in [9.17, 15) is 9.90 Å². The van der Waals surface area contributed by atoms with Crippen molar-refractivity contribution in [3.05, 3.63) is 35.9 Å². The Bertz CT molecular complexity index is 491. The highest BCUT2D eigenvalue weighted by molar-refractivity contribution is 5.66. The third-order valence-corrected chi connectivity index (χ3v) is 5.04. The van der Waals surface area contributed by atoms with Gasteiger partial charge in [0.25, 0.3) is 0 Å². The quantitative estimate of drug-likeness (QED) is 0.910. The molecular weight excluding hydrogens is 264 g/mol. The molecule has 0 radical (unpaired) electrons. The fourth-order valence-electron chi connectivity index (χ4n) is 4.10. The van der Waals surface area contributed by atoms with E-state index in [4.69, 9.17) is 0 Å². The standard InChI is InChI=1S/C17H24N2O2/c1-18-12-14(11-13-7-3-2-4-8-13)19(17(20)21)16-10-6-5-9-15(16)18/h2-4,7-8,14-16H,5-6,9-12H2,1H3,(H,20,21)/t14?,15-,16+/m1/s1. The minimum absolute atomic E-state index is 0.0641. The second-order valence-corrected chi connectivity index (χ2v) is 6.39. The number of benzene rings is 1. The highest BCUT2D eigenvalue weighted by Crippen LogP contribution is 2.32. The summed E-state index contributed by atoms with van der Waals surface area (Å²) in [6, 6.07) is 10.9. The van der Waals surface area contributed by atoms with Gasteiger partial charge >= 0.3 is 6.09 Å². The van der Waals surface area contributed by atoms with Gasteiger partial charge in [-0.15, -0.1) is 0 Å². The zero-order valence-electron chi connectivity index (χ0n) is 12.6. The maximum atomic E-state index is 11.8. The van der Waals surface area contributed by atoms with E-state index in [1.807, 2.05) is 18.2 Å². The lowest BCUT2D eigenvalue weighted by atomic mass is 9.84. The minimum Gasteiger partial charge on any atom is -0.465 e. The van der Waals surface area contributed by atoms with Crippen LogP contribution in [0.5, 0.6) is 0 Å². The number of carboxylic acid groups (broad SMARTS) is 1. The van der Waals surface area contributed by atoms with Crippen LogP contribution in [0.3, 0.4) is 0 Å². The van der Waals surface area contributed by atoms with Gasteiger partial charge < -0.3 is 5.11 Å². The molecule has 1 aromatic carbocycles. The summed E-state index contributed by atoms with van der Waals surface area (Å²) >= 11 is 0. The van der Waals surface area contributed by atoms with Gasteiger partial charge in [-0.05, 0) is 31.9 Å². The fraction of sp³-hybridized carbons (Fsp3) is 0.588. The smallest absolute Gasteiger partial charge is 0.407 e. The molecule has 1 amide bonds. The Labute approximate surface area is 126 Å². The molecule has 0 bridgehead atoms. The number of likely N-dealkylation sites (N-methyl/N-ethyl adjacent to an activating group) is 1. The van der Waals surface area contributed by atoms with Crippen LogP contribution < -0.4 is 0 Å². The van der Waals surface area contributed by atoms with Gasteiger partial charge in [-0.3, -0.25) is 9.80 Å². The molecule has 1 unspecified atom stereocenters. The van der Waals surface area contributed by atoms with E-state index in [0.29, 0.717) is 6.04 Å². The molecule has 21 heavy (non-hydrogen) atoms. The average Bonchev–Trinajstić information content (AvgIpc) is 2.48. The summed E-state index contributed by atoms with van der Waals surface area (Å²) in [5.41, 5.74) is 1.22. The van der Waals surface area contributed by atoms with Crippen LogP contribution in [0.2, 0.25) is 0 Å². The summed E-state index contributed by atoms with van der Waals surface area (Å²) in [5.74, 6) is 0. The van der Waals surface area contributed by atoms with Gasteiger partial charge in [-0.2, -0.15) is 0 Å². The largest absolute Gasteiger partial charge is 0.465 e. The van der Waals surface area contributed by atoms with E-state index < -0.39 is 6.09 Å². The third-order valence-electron chi connectivity index (χ3n) is 5.04. The van der Waals surface area contributed by atoms with Crippen LogP contribution in [-0.4, -0.2) is 52.7 Å². The van der Waals surface area contributed by atoms with E-state index in [1.165, 1.54) is 12.0 Å². The van der Waals surface area contributed by atoms with Gasteiger partial charge in [0, 0.05) is 12.6 Å². The Hall–Kier alpha value is -1.55. The topological polar surface area (TPSA) is 43.8 Å². The van der Waals surface area contributed by atoms with Gasteiger partial charge in [-0.1, -0.05) is 43.2 Å². The molecule has 1 N–H and O–H groups in total. The number of amides is 1. The molecule has 1 aliphatic carbocycles. The molecule has 1 aliphatic heterocycles. The van der Waals surface area contributed by atoms with Crippen molar-refractivity contribution in [1.82, 2.24) is 9.80 Å². The van der Waals surface area contributed by atoms with Crippen molar-refractivity contribution in [2.24, 2.45) is 0 Å². The molecule has 1 aromatic rings. The van der Waals surface area contributed by atoms with E-state index >= 15 is 0 Å². The lowest BCUT2D eigenvalue weighted by molar-refractivity contribution is -0.0177. The monoisotopic (exact) mass is 288 g/mol. The highest BCUT2D eigenvalue weighted by Gasteiger charge is 2.43. The number of hydrogen-bond donors (Lipinski definition) is 1. The molecule has 4 heteroatoms. The lowest BCUT2D eigenvalue weighted by Gasteiger charge is -2.51. The summed E-state index contributed by atoms with van der Waals surface area (Å²) < 4.78 is 0. The van der Waals surface area contributed by atoms with Crippen LogP contribution in [0.15, 0.2) is 30.3 Å². The van der Waals surface area contributed by atoms with Crippen LogP contribution in [0.4, 0.5) is 4.79 Å². The molecule has 2 fully saturated rings. The molecule has 1 heterocycles. The molecule has 1 saturated heterocycles. The first-order valence-corrected chi connectivity index (χ1v) is 7.92. The van der Waals surface area contributed by atoms with Gasteiger partial charge in [-0.25, -0.2) is 4.79 Å². The Balaban J connectivity index is 1.82. The number of rotatable bonds is 2. The minimum atomic E-state index is -0.749. The fourth-order valence-corrected chi connectivity index (χ4v) is 4.10. The molecule has 4 nitrogen and oxygen atoms in total. The normalized spacial score (nSPS) is 30.0. The highest BCUT2D eigenvalue weighted by atomic mass is 16.4. The second-order valence-electron chi connectivity index (χ2n) is 6.39. The van der Waals surface area contributed by atoms with Gasteiger partial charge in [0.1, 0.15) is 0 Å². The molecule has 0 aromatic heterocycles. The lowest BCUT2D eigenvalue weighted by Crippen LogP contribution is -2.65. The summed E-state index contributed by atoms with van der Waals surface area (Å²) in [7, 11) is 2.15. The first kappa shape index (κ1) is 14.4. The van der Waals surface area contributed by atoms with Crippen molar-refractivity contribution in [2.75, 3.05) is 13.6 Å². The van der Waals surface area contributed by atoms with Crippen molar-refractivity contribution in [2.45, 2.75) is 50.2 Å². The van der Waals surface area contributed by atoms with E-state index in [-0.39, 0.29) is 12.1 Å². The summed E-state index contributed by atoms with van der Waals surface area (Å²) in [5, 5.41) is 9.72. The van der Waals surface area contributed by atoms with Crippen molar-refractivity contribution in [1.29, 1.82) is 0 Å². The average molecular weight is 288 g/mol.